The maximum Gasteiger partial charge on any atom is 0.203 e. The number of H-pyrrole nitrogens is 1. The molecule has 0 amide bonds. The molecule has 1 heterocycles. The van der Waals surface area contributed by atoms with Crippen LogP contribution in [0.3, 0.4) is 0 Å². The lowest BCUT2D eigenvalue weighted by Gasteiger charge is -1.99. The molecule has 0 fully saturated rings. The Kier molecular flexibility index (Phi) is 2.57. The Balaban J connectivity index is 3.31. The number of hydrogen-bond donors (Lipinski definition) is 3. The quantitative estimate of drug-likeness (QED) is 0.477. The van der Waals surface area contributed by atoms with E-state index in [1.807, 2.05) is 6.92 Å². The van der Waals surface area contributed by atoms with Crippen molar-refractivity contribution in [1.29, 1.82) is 0 Å². The molecular formula is C8H12N2O3. The highest BCUT2D eigenvalue weighted by Gasteiger charge is 2.20. The molecule has 0 aliphatic carbocycles. The average Bonchev–Trinajstić information content (AvgIpc) is 2.41. The van der Waals surface area contributed by atoms with Gasteiger partial charge < -0.3 is 14.9 Å². The zero-order valence-electron chi connectivity index (χ0n) is 7.55. The van der Waals surface area contributed by atoms with E-state index in [0.29, 0.717) is 12.1 Å². The molecule has 0 aliphatic heterocycles. The first kappa shape index (κ1) is 9.60. The highest BCUT2D eigenvalue weighted by Crippen LogP contribution is 2.31. The Hall–Kier alpha value is -1.49. The number of carbonyl (C=O) groups is 1. The van der Waals surface area contributed by atoms with Gasteiger partial charge in [0.1, 0.15) is 5.56 Å². The zero-order valence-corrected chi connectivity index (χ0v) is 7.55. The highest BCUT2D eigenvalue weighted by atomic mass is 16.6. The van der Waals surface area contributed by atoms with E-state index in [2.05, 4.69) is 9.82 Å². The summed E-state index contributed by atoms with van der Waals surface area (Å²) >= 11 is 0. The Labute approximate surface area is 75.5 Å². The smallest absolute Gasteiger partial charge is 0.203 e. The number of carbonyl (C=O) groups excluding carboxylic acids is 1. The molecule has 1 aromatic rings. The summed E-state index contributed by atoms with van der Waals surface area (Å²) in [6, 6.07) is 0. The minimum Gasteiger partial charge on any atom is -0.494 e. The zero-order chi connectivity index (χ0) is 10.0. The first-order chi connectivity index (χ1) is 6.11. The van der Waals surface area contributed by atoms with Crippen molar-refractivity contribution in [3.63, 3.8) is 0 Å². The predicted octanol–water partition coefficient (Wildman–Crippen LogP) is 0.738. The SMILES string of the molecule is CCc1[nH]c(O)c(C(C)=O)c1ON. The van der Waals surface area contributed by atoms with Gasteiger partial charge in [0.05, 0.1) is 5.69 Å². The van der Waals surface area contributed by atoms with E-state index in [-0.39, 0.29) is 23.0 Å². The molecule has 0 unspecified atom stereocenters. The Morgan fingerprint density at radius 3 is 2.69 bits per heavy atom. The van der Waals surface area contributed by atoms with E-state index in [1.165, 1.54) is 6.92 Å². The third-order valence-electron chi connectivity index (χ3n) is 1.83. The topological polar surface area (TPSA) is 88.3 Å². The van der Waals surface area contributed by atoms with E-state index in [4.69, 9.17) is 5.90 Å². The maximum absolute atomic E-state index is 11.1. The number of aryl methyl sites for hydroxylation is 1. The normalized spacial score (nSPS) is 10.1. The van der Waals surface area contributed by atoms with E-state index in [0.717, 1.165) is 0 Å². The summed E-state index contributed by atoms with van der Waals surface area (Å²) in [6.45, 7) is 3.20. The minimum absolute atomic E-state index is 0.111. The Morgan fingerprint density at radius 2 is 2.31 bits per heavy atom. The van der Waals surface area contributed by atoms with Crippen molar-refractivity contribution < 1.29 is 14.7 Å². The van der Waals surface area contributed by atoms with Crippen molar-refractivity contribution >= 4 is 5.78 Å². The number of rotatable bonds is 3. The van der Waals surface area contributed by atoms with Crippen molar-refractivity contribution in [2.45, 2.75) is 20.3 Å². The molecule has 13 heavy (non-hydrogen) atoms. The van der Waals surface area contributed by atoms with Gasteiger partial charge in [-0.15, -0.1) is 0 Å². The molecule has 0 aliphatic rings. The fourth-order valence-corrected chi connectivity index (χ4v) is 1.23. The second-order valence-corrected chi connectivity index (χ2v) is 2.68. The van der Waals surface area contributed by atoms with Gasteiger partial charge in [-0.05, 0) is 13.3 Å². The first-order valence-corrected chi connectivity index (χ1v) is 3.93. The number of Topliss-reactive ketones (excluding diaryl/α,β-unsaturated/α-hetero) is 1. The van der Waals surface area contributed by atoms with Gasteiger partial charge in [-0.3, -0.25) is 4.79 Å². The molecule has 5 nitrogen and oxygen atoms in total. The van der Waals surface area contributed by atoms with Crippen molar-refractivity contribution in [2.75, 3.05) is 0 Å². The average molecular weight is 184 g/mol. The predicted molar refractivity (Wildman–Crippen MR) is 46.7 cm³/mol. The summed E-state index contributed by atoms with van der Waals surface area (Å²) in [6.07, 6.45) is 0.605. The molecule has 4 N–H and O–H groups in total. The summed E-state index contributed by atoms with van der Waals surface area (Å²) in [5.74, 6) is 4.75. The molecule has 0 bridgehead atoms. The van der Waals surface area contributed by atoms with Crippen LogP contribution in [-0.4, -0.2) is 15.9 Å². The molecule has 0 saturated heterocycles. The lowest BCUT2D eigenvalue weighted by Crippen LogP contribution is -2.06. The van der Waals surface area contributed by atoms with Crippen LogP contribution in [0.2, 0.25) is 0 Å². The molecule has 0 radical (unpaired) electrons. The molecule has 72 valence electrons. The fourth-order valence-electron chi connectivity index (χ4n) is 1.23. The molecule has 1 aromatic heterocycles. The van der Waals surface area contributed by atoms with E-state index in [9.17, 15) is 9.90 Å². The molecular weight excluding hydrogens is 172 g/mol. The van der Waals surface area contributed by atoms with Crippen LogP contribution in [0.1, 0.15) is 29.9 Å². The summed E-state index contributed by atoms with van der Waals surface area (Å²) in [5.41, 5.74) is 0.726. The summed E-state index contributed by atoms with van der Waals surface area (Å²) < 4.78 is 0. The Bertz CT molecular complexity index is 330. The van der Waals surface area contributed by atoms with Crippen LogP contribution in [0.25, 0.3) is 0 Å². The second-order valence-electron chi connectivity index (χ2n) is 2.68. The summed E-state index contributed by atoms with van der Waals surface area (Å²) in [7, 11) is 0. The second kappa shape index (κ2) is 3.49. The van der Waals surface area contributed by atoms with Crippen LogP contribution in [0.5, 0.6) is 11.6 Å². The van der Waals surface area contributed by atoms with Crippen LogP contribution in [0.4, 0.5) is 0 Å². The summed E-state index contributed by atoms with van der Waals surface area (Å²) in [5, 5.41) is 9.33. The lowest BCUT2D eigenvalue weighted by molar-refractivity contribution is 0.101. The molecule has 0 spiro atoms. The molecule has 0 saturated carbocycles. The van der Waals surface area contributed by atoms with Crippen LogP contribution in [0, 0.1) is 0 Å². The van der Waals surface area contributed by atoms with E-state index >= 15 is 0 Å². The number of nitrogens with one attached hydrogen (secondary N) is 1. The van der Waals surface area contributed by atoms with Gasteiger partial charge in [0.15, 0.2) is 11.5 Å². The van der Waals surface area contributed by atoms with Gasteiger partial charge in [-0.2, -0.15) is 5.90 Å². The number of aromatic nitrogens is 1. The number of ketones is 1. The molecule has 0 atom stereocenters. The summed E-state index contributed by atoms with van der Waals surface area (Å²) in [4.78, 5) is 18.2. The van der Waals surface area contributed by atoms with Gasteiger partial charge in [0, 0.05) is 0 Å². The standard InChI is InChI=1S/C8H12N2O3/c1-3-5-7(13-9)6(4(2)11)8(12)10-5/h10,12H,3,9H2,1-2H3. The number of nitrogens with two attached hydrogens (primary N) is 1. The van der Waals surface area contributed by atoms with E-state index < -0.39 is 0 Å². The minimum atomic E-state index is -0.283. The van der Waals surface area contributed by atoms with Crippen LogP contribution in [-0.2, 0) is 6.42 Å². The van der Waals surface area contributed by atoms with Crippen LogP contribution >= 0.6 is 0 Å². The van der Waals surface area contributed by atoms with Crippen molar-refractivity contribution in [1.82, 2.24) is 4.98 Å². The van der Waals surface area contributed by atoms with Crippen molar-refractivity contribution in [3.8, 4) is 11.6 Å². The van der Waals surface area contributed by atoms with Gasteiger partial charge in [0.2, 0.25) is 5.88 Å². The lowest BCUT2D eigenvalue weighted by atomic mass is 10.2. The van der Waals surface area contributed by atoms with Crippen LogP contribution < -0.4 is 10.7 Å². The van der Waals surface area contributed by atoms with Gasteiger partial charge in [-0.25, -0.2) is 0 Å². The molecule has 5 heteroatoms. The third-order valence-corrected chi connectivity index (χ3v) is 1.83. The van der Waals surface area contributed by atoms with Crippen molar-refractivity contribution in [2.24, 2.45) is 5.90 Å². The monoisotopic (exact) mass is 184 g/mol. The number of aromatic amines is 1. The van der Waals surface area contributed by atoms with E-state index in [1.54, 1.807) is 0 Å². The molecule has 0 aromatic carbocycles. The third kappa shape index (κ3) is 1.50. The number of aromatic hydroxyl groups is 1. The largest absolute Gasteiger partial charge is 0.494 e. The Morgan fingerprint density at radius 1 is 1.69 bits per heavy atom. The fraction of sp³-hybridized carbons (Fsp3) is 0.375. The maximum atomic E-state index is 11.1. The number of hydrogen-bond acceptors (Lipinski definition) is 4. The van der Waals surface area contributed by atoms with Gasteiger partial charge in [-0.1, -0.05) is 6.92 Å². The van der Waals surface area contributed by atoms with Crippen LogP contribution in [0.15, 0.2) is 0 Å². The highest BCUT2D eigenvalue weighted by molar-refractivity contribution is 5.99. The first-order valence-electron chi connectivity index (χ1n) is 3.93. The molecule has 1 rings (SSSR count). The van der Waals surface area contributed by atoms with Gasteiger partial charge >= 0.3 is 0 Å². The van der Waals surface area contributed by atoms with Crippen molar-refractivity contribution in [3.05, 3.63) is 11.3 Å². The van der Waals surface area contributed by atoms with Gasteiger partial charge in [0.25, 0.3) is 0 Å².